The van der Waals surface area contributed by atoms with Gasteiger partial charge < -0.3 is 11.1 Å². The lowest BCUT2D eigenvalue weighted by molar-refractivity contribution is 0.102. The molecule has 1 amide bonds. The molecule has 0 radical (unpaired) electrons. The molecule has 0 spiro atoms. The van der Waals surface area contributed by atoms with Gasteiger partial charge in [0.25, 0.3) is 5.91 Å². The van der Waals surface area contributed by atoms with Crippen molar-refractivity contribution in [2.75, 3.05) is 11.1 Å². The van der Waals surface area contributed by atoms with E-state index >= 15 is 0 Å². The second-order valence-corrected chi connectivity index (χ2v) is 5.17. The largest absolute Gasteiger partial charge is 0.398 e. The number of anilines is 2. The number of nitrogens with two attached hydrogens (primary N) is 1. The van der Waals surface area contributed by atoms with Gasteiger partial charge >= 0.3 is 0 Å². The third-order valence-electron chi connectivity index (χ3n) is 2.83. The topological polar surface area (TPSA) is 68.0 Å². The summed E-state index contributed by atoms with van der Waals surface area (Å²) < 4.78 is 0.793. The molecule has 0 aliphatic heterocycles. The molecule has 0 unspecified atom stereocenters. The van der Waals surface area contributed by atoms with Crippen LogP contribution in [-0.4, -0.2) is 10.9 Å². The van der Waals surface area contributed by atoms with Crippen molar-refractivity contribution >= 4 is 33.2 Å². The van der Waals surface area contributed by atoms with E-state index in [4.69, 9.17) is 5.73 Å². The molecule has 1 aromatic heterocycles. The maximum atomic E-state index is 12.1. The van der Waals surface area contributed by atoms with Crippen LogP contribution >= 0.6 is 15.9 Å². The fraction of sp³-hybridized carbons (Fsp3) is 0.143. The van der Waals surface area contributed by atoms with Gasteiger partial charge in [-0.3, -0.25) is 9.78 Å². The minimum absolute atomic E-state index is 0.248. The highest BCUT2D eigenvalue weighted by Crippen LogP contribution is 2.28. The van der Waals surface area contributed by atoms with Gasteiger partial charge in [0, 0.05) is 16.4 Å². The van der Waals surface area contributed by atoms with E-state index in [0.29, 0.717) is 17.1 Å². The maximum absolute atomic E-state index is 12.1. The zero-order valence-corrected chi connectivity index (χ0v) is 12.3. The van der Waals surface area contributed by atoms with Gasteiger partial charge in [-0.05, 0) is 59.1 Å². The van der Waals surface area contributed by atoms with Gasteiger partial charge in [0.2, 0.25) is 0 Å². The monoisotopic (exact) mass is 319 g/mol. The highest BCUT2D eigenvalue weighted by atomic mass is 79.9. The first-order valence-corrected chi connectivity index (χ1v) is 6.57. The molecule has 4 nitrogen and oxygen atoms in total. The molecule has 2 aromatic rings. The number of pyridine rings is 1. The number of hydrogen-bond donors (Lipinski definition) is 2. The number of nitrogens with zero attached hydrogens (tertiary/aromatic N) is 1. The molecule has 0 atom stereocenters. The Bertz CT molecular complexity index is 641. The smallest absolute Gasteiger partial charge is 0.274 e. The summed E-state index contributed by atoms with van der Waals surface area (Å²) in [5.74, 6) is -0.248. The van der Waals surface area contributed by atoms with E-state index in [1.54, 1.807) is 18.3 Å². The summed E-state index contributed by atoms with van der Waals surface area (Å²) in [5, 5.41) is 2.81. The summed E-state index contributed by atoms with van der Waals surface area (Å²) in [6.45, 7) is 3.76. The summed E-state index contributed by atoms with van der Waals surface area (Å²) in [5.41, 5.74) is 9.32. The van der Waals surface area contributed by atoms with Crippen LogP contribution in [0.15, 0.2) is 34.9 Å². The van der Waals surface area contributed by atoms with Crippen LogP contribution in [0.3, 0.4) is 0 Å². The van der Waals surface area contributed by atoms with E-state index in [2.05, 4.69) is 26.2 Å². The molecule has 0 saturated heterocycles. The van der Waals surface area contributed by atoms with Gasteiger partial charge in [0.15, 0.2) is 0 Å². The first-order chi connectivity index (χ1) is 8.99. The summed E-state index contributed by atoms with van der Waals surface area (Å²) >= 11 is 3.41. The average Bonchev–Trinajstić information content (AvgIpc) is 2.36. The number of benzene rings is 1. The maximum Gasteiger partial charge on any atom is 0.274 e. The Morgan fingerprint density at radius 1 is 1.32 bits per heavy atom. The molecule has 19 heavy (non-hydrogen) atoms. The number of halogens is 1. The molecule has 0 aliphatic rings. The lowest BCUT2D eigenvalue weighted by Gasteiger charge is -2.10. The van der Waals surface area contributed by atoms with Gasteiger partial charge in [0.05, 0.1) is 5.69 Å². The van der Waals surface area contributed by atoms with Crippen molar-refractivity contribution in [2.45, 2.75) is 13.8 Å². The molecule has 98 valence electrons. The number of amides is 1. The number of aryl methyl sites for hydroxylation is 2. The number of aromatic nitrogens is 1. The predicted octanol–water partition coefficient (Wildman–Crippen LogP) is 3.30. The van der Waals surface area contributed by atoms with Gasteiger partial charge in [-0.2, -0.15) is 0 Å². The Morgan fingerprint density at radius 3 is 2.74 bits per heavy atom. The average molecular weight is 320 g/mol. The summed E-state index contributed by atoms with van der Waals surface area (Å²) in [6.07, 6.45) is 1.60. The number of carbonyl (C=O) groups excluding carboxylic acids is 1. The molecule has 0 fully saturated rings. The van der Waals surface area contributed by atoms with Crippen LogP contribution in [0, 0.1) is 13.8 Å². The molecule has 1 aromatic carbocycles. The van der Waals surface area contributed by atoms with E-state index in [-0.39, 0.29) is 5.91 Å². The van der Waals surface area contributed by atoms with Crippen LogP contribution in [-0.2, 0) is 0 Å². The highest BCUT2D eigenvalue weighted by Gasteiger charge is 2.12. The fourth-order valence-corrected chi connectivity index (χ4v) is 2.25. The molecule has 3 N–H and O–H groups in total. The minimum Gasteiger partial charge on any atom is -0.398 e. The van der Waals surface area contributed by atoms with Crippen LogP contribution in [0.5, 0.6) is 0 Å². The van der Waals surface area contributed by atoms with E-state index in [0.717, 1.165) is 15.6 Å². The molecule has 0 saturated carbocycles. The summed E-state index contributed by atoms with van der Waals surface area (Å²) in [6, 6.07) is 7.25. The number of nitrogens with one attached hydrogen (secondary N) is 1. The standard InChI is InChI=1S/C14H14BrN3O/c1-8-4-3-5-17-13(8)14(19)18-12-7-11(16)9(2)6-10(12)15/h3-7H,16H2,1-2H3,(H,18,19). The van der Waals surface area contributed by atoms with Crippen molar-refractivity contribution in [1.29, 1.82) is 0 Å². The lowest BCUT2D eigenvalue weighted by Crippen LogP contribution is -2.15. The van der Waals surface area contributed by atoms with Gasteiger partial charge in [-0.1, -0.05) is 6.07 Å². The van der Waals surface area contributed by atoms with Crippen molar-refractivity contribution in [3.63, 3.8) is 0 Å². The summed E-state index contributed by atoms with van der Waals surface area (Å²) in [4.78, 5) is 16.2. The Balaban J connectivity index is 2.30. The Kier molecular flexibility index (Phi) is 3.85. The van der Waals surface area contributed by atoms with Crippen LogP contribution < -0.4 is 11.1 Å². The Hall–Kier alpha value is -1.88. The number of hydrogen-bond acceptors (Lipinski definition) is 3. The normalized spacial score (nSPS) is 10.3. The fourth-order valence-electron chi connectivity index (χ4n) is 1.69. The molecular formula is C14H14BrN3O. The molecule has 0 aliphatic carbocycles. The zero-order chi connectivity index (χ0) is 14.0. The lowest BCUT2D eigenvalue weighted by atomic mass is 10.1. The predicted molar refractivity (Wildman–Crippen MR) is 80.2 cm³/mol. The van der Waals surface area contributed by atoms with Gasteiger partial charge in [-0.25, -0.2) is 0 Å². The molecule has 5 heteroatoms. The third kappa shape index (κ3) is 2.93. The highest BCUT2D eigenvalue weighted by molar-refractivity contribution is 9.10. The minimum atomic E-state index is -0.248. The molecule has 0 bridgehead atoms. The van der Waals surface area contributed by atoms with E-state index in [1.807, 2.05) is 26.0 Å². The van der Waals surface area contributed by atoms with Crippen molar-refractivity contribution in [1.82, 2.24) is 4.98 Å². The van der Waals surface area contributed by atoms with Crippen molar-refractivity contribution < 1.29 is 4.79 Å². The first-order valence-electron chi connectivity index (χ1n) is 5.77. The van der Waals surface area contributed by atoms with Crippen molar-refractivity contribution in [3.05, 3.63) is 51.8 Å². The third-order valence-corrected chi connectivity index (χ3v) is 3.48. The number of rotatable bonds is 2. The Labute approximate surface area is 120 Å². The second kappa shape index (κ2) is 5.40. The zero-order valence-electron chi connectivity index (χ0n) is 10.7. The quantitative estimate of drug-likeness (QED) is 0.834. The number of nitrogen functional groups attached to an aromatic ring is 1. The van der Waals surface area contributed by atoms with Crippen LogP contribution in [0.2, 0.25) is 0 Å². The first kappa shape index (κ1) is 13.5. The summed E-state index contributed by atoms with van der Waals surface area (Å²) in [7, 11) is 0. The van der Waals surface area contributed by atoms with Crippen molar-refractivity contribution in [3.8, 4) is 0 Å². The van der Waals surface area contributed by atoms with Crippen molar-refractivity contribution in [2.24, 2.45) is 0 Å². The van der Waals surface area contributed by atoms with Gasteiger partial charge in [-0.15, -0.1) is 0 Å². The van der Waals surface area contributed by atoms with E-state index in [1.165, 1.54) is 0 Å². The molecule has 2 rings (SSSR count). The van der Waals surface area contributed by atoms with Crippen LogP contribution in [0.25, 0.3) is 0 Å². The molecule has 1 heterocycles. The van der Waals surface area contributed by atoms with Gasteiger partial charge in [0.1, 0.15) is 5.69 Å². The molecular weight excluding hydrogens is 306 g/mol. The Morgan fingerprint density at radius 2 is 2.05 bits per heavy atom. The van der Waals surface area contributed by atoms with E-state index in [9.17, 15) is 4.79 Å². The van der Waals surface area contributed by atoms with Crippen LogP contribution in [0.4, 0.5) is 11.4 Å². The van der Waals surface area contributed by atoms with Crippen LogP contribution in [0.1, 0.15) is 21.6 Å². The SMILES string of the molecule is Cc1cc(Br)c(NC(=O)c2ncccc2C)cc1N. The number of carbonyl (C=O) groups is 1. The second-order valence-electron chi connectivity index (χ2n) is 4.31. The van der Waals surface area contributed by atoms with E-state index < -0.39 is 0 Å².